The highest BCUT2D eigenvalue weighted by Crippen LogP contribution is 2.13. The first kappa shape index (κ1) is 7.32. The van der Waals surface area contributed by atoms with Crippen LogP contribution in [0.15, 0.2) is 12.2 Å². The number of rotatable bonds is 0. The molecule has 1 N–H and O–H groups in total. The third-order valence-electron chi connectivity index (χ3n) is 1.94. The average molecular weight is 138 g/mol. The van der Waals surface area contributed by atoms with Crippen LogP contribution >= 0.6 is 0 Å². The van der Waals surface area contributed by atoms with Crippen LogP contribution in [0.25, 0.3) is 0 Å². The number of piperidine rings is 1. The molecule has 1 rings (SSSR count). The molecule has 0 aromatic rings. The molecule has 0 aromatic heterocycles. The third-order valence-corrected chi connectivity index (χ3v) is 1.94. The van der Waals surface area contributed by atoms with Crippen LogP contribution < -0.4 is 0 Å². The van der Waals surface area contributed by atoms with Crippen molar-refractivity contribution < 1.29 is 0 Å². The predicted molar refractivity (Wildman–Crippen MR) is 43.3 cm³/mol. The van der Waals surface area contributed by atoms with E-state index < -0.39 is 0 Å². The molecular weight excluding hydrogens is 124 g/mol. The summed E-state index contributed by atoms with van der Waals surface area (Å²) >= 11 is 0. The van der Waals surface area contributed by atoms with Crippen LogP contribution in [0, 0.1) is 5.41 Å². The van der Waals surface area contributed by atoms with Crippen molar-refractivity contribution in [1.82, 2.24) is 4.90 Å². The zero-order valence-electron chi connectivity index (χ0n) is 6.48. The van der Waals surface area contributed by atoms with E-state index in [0.717, 1.165) is 25.9 Å². The maximum Gasteiger partial charge on any atom is 0.0926 e. The second-order valence-electron chi connectivity index (χ2n) is 2.82. The average Bonchev–Trinajstić information content (AvgIpc) is 1.88. The summed E-state index contributed by atoms with van der Waals surface area (Å²) in [4.78, 5) is 2.09. The first-order valence-electron chi connectivity index (χ1n) is 3.67. The Morgan fingerprint density at radius 2 is 2.00 bits per heavy atom. The fourth-order valence-corrected chi connectivity index (χ4v) is 1.16. The lowest BCUT2D eigenvalue weighted by molar-refractivity contribution is 0.384. The summed E-state index contributed by atoms with van der Waals surface area (Å²) in [6.45, 7) is 7.74. The molecule has 56 valence electrons. The number of nitrogens with one attached hydrogen (secondary N) is 1. The van der Waals surface area contributed by atoms with Gasteiger partial charge in [-0.25, -0.2) is 0 Å². The molecule has 2 nitrogen and oxygen atoms in total. The van der Waals surface area contributed by atoms with Crippen LogP contribution in [-0.2, 0) is 0 Å². The molecular formula is C8H14N2. The fourth-order valence-electron chi connectivity index (χ4n) is 1.16. The Bertz CT molecular complexity index is 151. The molecule has 0 aliphatic carbocycles. The Balaban J connectivity index is 2.40. The molecule has 10 heavy (non-hydrogen) atoms. The van der Waals surface area contributed by atoms with E-state index in [9.17, 15) is 0 Å². The topological polar surface area (TPSA) is 27.1 Å². The van der Waals surface area contributed by atoms with Crippen molar-refractivity contribution in [1.29, 1.82) is 5.41 Å². The highest BCUT2D eigenvalue weighted by Gasteiger charge is 2.11. The molecule has 0 saturated carbocycles. The van der Waals surface area contributed by atoms with Crippen LogP contribution in [0.4, 0.5) is 0 Å². The Morgan fingerprint density at radius 3 is 2.40 bits per heavy atom. The van der Waals surface area contributed by atoms with Gasteiger partial charge in [0.1, 0.15) is 0 Å². The van der Waals surface area contributed by atoms with Gasteiger partial charge in [0.25, 0.3) is 0 Å². The minimum absolute atomic E-state index is 0.688. The van der Waals surface area contributed by atoms with Crippen molar-refractivity contribution in [3.63, 3.8) is 0 Å². The Labute approximate surface area is 62.0 Å². The Morgan fingerprint density at radius 1 is 1.50 bits per heavy atom. The van der Waals surface area contributed by atoms with E-state index in [4.69, 9.17) is 5.41 Å². The molecule has 0 amide bonds. The molecule has 0 spiro atoms. The molecule has 0 bridgehead atoms. The molecule has 0 radical (unpaired) electrons. The first-order chi connectivity index (χ1) is 4.70. The van der Waals surface area contributed by atoms with Gasteiger partial charge in [0.15, 0.2) is 0 Å². The number of hydrogen-bond acceptors (Lipinski definition) is 1. The number of nitrogens with zero attached hydrogens (tertiary/aromatic N) is 1. The molecule has 1 aliphatic heterocycles. The zero-order chi connectivity index (χ0) is 7.56. The zero-order valence-corrected chi connectivity index (χ0v) is 6.48. The summed E-state index contributed by atoms with van der Waals surface area (Å²) in [6.07, 6.45) is 2.13. The van der Waals surface area contributed by atoms with E-state index in [1.165, 1.54) is 5.57 Å². The lowest BCUT2D eigenvalue weighted by Crippen LogP contribution is -2.33. The number of amidine groups is 1. The number of hydrogen-bond donors (Lipinski definition) is 1. The summed E-state index contributed by atoms with van der Waals surface area (Å²) in [5.41, 5.74) is 1.33. The largest absolute Gasteiger partial charge is 0.360 e. The third kappa shape index (κ3) is 1.59. The molecule has 0 unspecified atom stereocenters. The van der Waals surface area contributed by atoms with Crippen LogP contribution in [0.3, 0.4) is 0 Å². The van der Waals surface area contributed by atoms with Crippen molar-refractivity contribution in [2.24, 2.45) is 0 Å². The fraction of sp³-hybridized carbons (Fsp3) is 0.625. The Hall–Kier alpha value is -0.790. The highest BCUT2D eigenvalue weighted by atomic mass is 15.2. The van der Waals surface area contributed by atoms with Gasteiger partial charge in [-0.05, 0) is 19.8 Å². The standard InChI is InChI=1S/C8H14N2/c1-7-3-5-10(6-4-7)8(2)9/h9H,1,3-6H2,2H3. The first-order valence-corrected chi connectivity index (χ1v) is 3.67. The lowest BCUT2D eigenvalue weighted by atomic mass is 10.1. The Kier molecular flexibility index (Phi) is 2.10. The van der Waals surface area contributed by atoms with Gasteiger partial charge in [-0.15, -0.1) is 0 Å². The van der Waals surface area contributed by atoms with Gasteiger partial charge >= 0.3 is 0 Å². The molecule has 1 saturated heterocycles. The van der Waals surface area contributed by atoms with Gasteiger partial charge in [-0.3, -0.25) is 5.41 Å². The van der Waals surface area contributed by atoms with Crippen LogP contribution in [0.1, 0.15) is 19.8 Å². The van der Waals surface area contributed by atoms with Crippen molar-refractivity contribution in [2.45, 2.75) is 19.8 Å². The van der Waals surface area contributed by atoms with Gasteiger partial charge in [-0.1, -0.05) is 12.2 Å². The molecule has 1 heterocycles. The van der Waals surface area contributed by atoms with Gasteiger partial charge < -0.3 is 4.90 Å². The minimum Gasteiger partial charge on any atom is -0.360 e. The lowest BCUT2D eigenvalue weighted by Gasteiger charge is -2.28. The van der Waals surface area contributed by atoms with Crippen molar-refractivity contribution in [3.8, 4) is 0 Å². The maximum absolute atomic E-state index is 7.35. The molecule has 1 aliphatic rings. The van der Waals surface area contributed by atoms with Gasteiger partial charge in [0.2, 0.25) is 0 Å². The van der Waals surface area contributed by atoms with E-state index in [1.54, 1.807) is 0 Å². The molecule has 1 fully saturated rings. The maximum atomic E-state index is 7.35. The van der Waals surface area contributed by atoms with E-state index in [2.05, 4.69) is 11.5 Å². The summed E-state index contributed by atoms with van der Waals surface area (Å²) in [5, 5.41) is 7.35. The van der Waals surface area contributed by atoms with Crippen LogP contribution in [0.5, 0.6) is 0 Å². The van der Waals surface area contributed by atoms with Gasteiger partial charge in [-0.2, -0.15) is 0 Å². The molecule has 0 aromatic carbocycles. The monoisotopic (exact) mass is 138 g/mol. The van der Waals surface area contributed by atoms with E-state index in [-0.39, 0.29) is 0 Å². The normalized spacial score (nSPS) is 19.3. The summed E-state index contributed by atoms with van der Waals surface area (Å²) in [5.74, 6) is 0.688. The number of likely N-dealkylation sites (tertiary alicyclic amines) is 1. The van der Waals surface area contributed by atoms with E-state index in [0.29, 0.717) is 5.84 Å². The van der Waals surface area contributed by atoms with Crippen molar-refractivity contribution in [3.05, 3.63) is 12.2 Å². The summed E-state index contributed by atoms with van der Waals surface area (Å²) < 4.78 is 0. The highest BCUT2D eigenvalue weighted by molar-refractivity contribution is 5.76. The minimum atomic E-state index is 0.688. The van der Waals surface area contributed by atoms with Crippen LogP contribution in [0.2, 0.25) is 0 Å². The predicted octanol–water partition coefficient (Wildman–Crippen LogP) is 1.64. The van der Waals surface area contributed by atoms with Gasteiger partial charge in [0, 0.05) is 13.1 Å². The summed E-state index contributed by atoms with van der Waals surface area (Å²) in [6, 6.07) is 0. The second kappa shape index (κ2) is 2.86. The van der Waals surface area contributed by atoms with Crippen LogP contribution in [-0.4, -0.2) is 23.8 Å². The quantitative estimate of drug-likeness (QED) is 0.307. The van der Waals surface area contributed by atoms with E-state index >= 15 is 0 Å². The summed E-state index contributed by atoms with van der Waals surface area (Å²) in [7, 11) is 0. The smallest absolute Gasteiger partial charge is 0.0926 e. The van der Waals surface area contributed by atoms with E-state index in [1.807, 2.05) is 6.92 Å². The van der Waals surface area contributed by atoms with Crippen molar-refractivity contribution >= 4 is 5.84 Å². The van der Waals surface area contributed by atoms with Gasteiger partial charge in [0.05, 0.1) is 5.84 Å². The second-order valence-corrected chi connectivity index (χ2v) is 2.82. The SMILES string of the molecule is C=C1CCN(C(C)=N)CC1. The molecule has 0 atom stereocenters. The van der Waals surface area contributed by atoms with Crippen molar-refractivity contribution in [2.75, 3.05) is 13.1 Å². The molecule has 2 heteroatoms.